The second-order valence-electron chi connectivity index (χ2n) is 4.23. The van der Waals surface area contributed by atoms with Gasteiger partial charge in [0, 0.05) is 13.6 Å². The Balaban J connectivity index is 3.07. The van der Waals surface area contributed by atoms with E-state index in [0.29, 0.717) is 23.9 Å². The highest BCUT2D eigenvalue weighted by molar-refractivity contribution is 7.03. The van der Waals surface area contributed by atoms with Crippen LogP contribution in [-0.4, -0.2) is 28.1 Å². The third-order valence-corrected chi connectivity index (χ3v) is 3.27. The van der Waals surface area contributed by atoms with E-state index >= 15 is 0 Å². The van der Waals surface area contributed by atoms with Gasteiger partial charge >= 0.3 is 11.7 Å². The molecule has 6 nitrogen and oxygen atoms in total. The van der Waals surface area contributed by atoms with Gasteiger partial charge in [0.2, 0.25) is 4.80 Å². The van der Waals surface area contributed by atoms with Gasteiger partial charge in [-0.3, -0.25) is 14.4 Å². The SMILES string of the molecule is CCOC(=O)Cn1c(=NC)sn(CC(C)C)c1=O. The van der Waals surface area contributed by atoms with Gasteiger partial charge < -0.3 is 4.74 Å². The van der Waals surface area contributed by atoms with Crippen molar-refractivity contribution in [2.45, 2.75) is 33.9 Å². The molecule has 0 saturated carbocycles. The molecule has 0 amide bonds. The maximum atomic E-state index is 12.1. The Labute approximate surface area is 110 Å². The molecular weight excluding hydrogens is 254 g/mol. The fraction of sp³-hybridized carbons (Fsp3) is 0.727. The summed E-state index contributed by atoms with van der Waals surface area (Å²) in [6.45, 7) is 6.65. The van der Waals surface area contributed by atoms with E-state index in [1.54, 1.807) is 17.9 Å². The zero-order valence-corrected chi connectivity index (χ0v) is 12.0. The summed E-state index contributed by atoms with van der Waals surface area (Å²) in [5.74, 6) is -0.0545. The third kappa shape index (κ3) is 3.56. The van der Waals surface area contributed by atoms with Crippen LogP contribution < -0.4 is 10.5 Å². The summed E-state index contributed by atoms with van der Waals surface area (Å²) in [7, 11) is 1.60. The highest BCUT2D eigenvalue weighted by Gasteiger charge is 2.13. The van der Waals surface area contributed by atoms with Crippen molar-refractivity contribution in [2.75, 3.05) is 13.7 Å². The van der Waals surface area contributed by atoms with Gasteiger partial charge in [-0.05, 0) is 24.4 Å². The van der Waals surface area contributed by atoms with Crippen molar-refractivity contribution in [2.24, 2.45) is 10.9 Å². The summed E-state index contributed by atoms with van der Waals surface area (Å²) >= 11 is 1.27. The molecule has 0 aliphatic rings. The molecular formula is C11H19N3O3S. The molecule has 102 valence electrons. The Hall–Kier alpha value is -1.37. The zero-order chi connectivity index (χ0) is 13.7. The first-order valence-electron chi connectivity index (χ1n) is 5.89. The second kappa shape index (κ2) is 6.53. The van der Waals surface area contributed by atoms with E-state index in [2.05, 4.69) is 4.99 Å². The minimum atomic E-state index is -0.418. The van der Waals surface area contributed by atoms with E-state index < -0.39 is 5.97 Å². The molecule has 0 unspecified atom stereocenters. The van der Waals surface area contributed by atoms with Gasteiger partial charge in [0.25, 0.3) is 0 Å². The van der Waals surface area contributed by atoms with Gasteiger partial charge in [0.15, 0.2) is 0 Å². The van der Waals surface area contributed by atoms with Crippen LogP contribution in [0.3, 0.4) is 0 Å². The molecule has 0 radical (unpaired) electrons. The number of nitrogens with zero attached hydrogens (tertiary/aromatic N) is 3. The monoisotopic (exact) mass is 273 g/mol. The normalized spacial score (nSPS) is 12.2. The van der Waals surface area contributed by atoms with E-state index in [4.69, 9.17) is 4.74 Å². The van der Waals surface area contributed by atoms with E-state index in [1.165, 1.54) is 16.1 Å². The van der Waals surface area contributed by atoms with Crippen LogP contribution in [-0.2, 0) is 22.6 Å². The number of aromatic nitrogens is 2. The average Bonchev–Trinajstić information content (AvgIpc) is 2.57. The minimum Gasteiger partial charge on any atom is -0.465 e. The van der Waals surface area contributed by atoms with Crippen molar-refractivity contribution in [1.82, 2.24) is 8.52 Å². The molecule has 0 bridgehead atoms. The molecule has 0 saturated heterocycles. The molecule has 0 atom stereocenters. The standard InChI is InChI=1S/C11H19N3O3S/c1-5-17-9(15)7-13-10(12-4)18-14(11(13)16)6-8(2)3/h8H,5-7H2,1-4H3. The predicted molar refractivity (Wildman–Crippen MR) is 69.5 cm³/mol. The zero-order valence-electron chi connectivity index (χ0n) is 11.2. The summed E-state index contributed by atoms with van der Waals surface area (Å²) in [6.07, 6.45) is 0. The van der Waals surface area contributed by atoms with Gasteiger partial charge in [-0.15, -0.1) is 0 Å². The Bertz CT molecular complexity index is 524. The van der Waals surface area contributed by atoms with Crippen LogP contribution in [0.25, 0.3) is 0 Å². The maximum Gasteiger partial charge on any atom is 0.340 e. The Morgan fingerprint density at radius 2 is 2.17 bits per heavy atom. The Morgan fingerprint density at radius 1 is 1.50 bits per heavy atom. The molecule has 1 rings (SSSR count). The number of esters is 1. The van der Waals surface area contributed by atoms with Gasteiger partial charge in [-0.25, -0.2) is 8.75 Å². The summed E-state index contributed by atoms with van der Waals surface area (Å²) in [5, 5.41) is 0. The highest BCUT2D eigenvalue weighted by Crippen LogP contribution is 1.98. The third-order valence-electron chi connectivity index (χ3n) is 2.18. The van der Waals surface area contributed by atoms with Gasteiger partial charge in [-0.1, -0.05) is 13.8 Å². The van der Waals surface area contributed by atoms with Crippen LogP contribution in [0, 0.1) is 5.92 Å². The molecule has 1 aromatic heterocycles. The Morgan fingerprint density at radius 3 is 2.67 bits per heavy atom. The average molecular weight is 273 g/mol. The molecule has 18 heavy (non-hydrogen) atoms. The van der Waals surface area contributed by atoms with Crippen molar-refractivity contribution in [3.63, 3.8) is 0 Å². The van der Waals surface area contributed by atoms with Crippen LogP contribution in [0.5, 0.6) is 0 Å². The molecule has 7 heteroatoms. The molecule has 1 heterocycles. The predicted octanol–water partition coefficient (Wildman–Crippen LogP) is 0.461. The number of ether oxygens (including phenoxy) is 1. The number of carbonyl (C=O) groups excluding carboxylic acids is 1. The number of carbonyl (C=O) groups is 1. The molecule has 0 spiro atoms. The van der Waals surface area contributed by atoms with Crippen LogP contribution in [0.2, 0.25) is 0 Å². The first-order valence-corrected chi connectivity index (χ1v) is 6.66. The van der Waals surface area contributed by atoms with Crippen LogP contribution >= 0.6 is 11.5 Å². The summed E-state index contributed by atoms with van der Waals surface area (Å²) in [4.78, 5) is 28.1. The van der Waals surface area contributed by atoms with Gasteiger partial charge in [0.1, 0.15) is 6.54 Å². The highest BCUT2D eigenvalue weighted by atomic mass is 32.1. The lowest BCUT2D eigenvalue weighted by Gasteiger charge is -2.03. The summed E-state index contributed by atoms with van der Waals surface area (Å²) < 4.78 is 7.82. The lowest BCUT2D eigenvalue weighted by Crippen LogP contribution is -2.33. The largest absolute Gasteiger partial charge is 0.465 e. The Kier molecular flexibility index (Phi) is 5.33. The quantitative estimate of drug-likeness (QED) is 0.732. The van der Waals surface area contributed by atoms with E-state index in [-0.39, 0.29) is 12.2 Å². The number of hydrogen-bond donors (Lipinski definition) is 0. The fourth-order valence-electron chi connectivity index (χ4n) is 1.48. The van der Waals surface area contributed by atoms with Crippen molar-refractivity contribution >= 4 is 17.5 Å². The first kappa shape index (κ1) is 14.7. The van der Waals surface area contributed by atoms with Crippen LogP contribution in [0.15, 0.2) is 9.79 Å². The first-order chi connectivity index (χ1) is 8.49. The van der Waals surface area contributed by atoms with Crippen LogP contribution in [0.4, 0.5) is 0 Å². The van der Waals surface area contributed by atoms with Crippen molar-refractivity contribution in [3.05, 3.63) is 15.3 Å². The second-order valence-corrected chi connectivity index (χ2v) is 5.21. The van der Waals surface area contributed by atoms with Gasteiger partial charge in [0.05, 0.1) is 6.61 Å². The van der Waals surface area contributed by atoms with Gasteiger partial charge in [-0.2, -0.15) is 0 Å². The number of hydrogen-bond acceptors (Lipinski definition) is 5. The molecule has 0 fully saturated rings. The lowest BCUT2D eigenvalue weighted by atomic mass is 10.2. The van der Waals surface area contributed by atoms with E-state index in [0.717, 1.165) is 0 Å². The summed E-state index contributed by atoms with van der Waals surface area (Å²) in [5.41, 5.74) is -0.206. The lowest BCUT2D eigenvalue weighted by molar-refractivity contribution is -0.143. The maximum absolute atomic E-state index is 12.1. The van der Waals surface area contributed by atoms with Crippen LogP contribution in [0.1, 0.15) is 20.8 Å². The van der Waals surface area contributed by atoms with Crippen molar-refractivity contribution in [1.29, 1.82) is 0 Å². The number of rotatable bonds is 5. The van der Waals surface area contributed by atoms with E-state index in [9.17, 15) is 9.59 Å². The smallest absolute Gasteiger partial charge is 0.340 e. The fourth-order valence-corrected chi connectivity index (χ4v) is 2.55. The van der Waals surface area contributed by atoms with Crippen molar-refractivity contribution in [3.8, 4) is 0 Å². The molecule has 1 aromatic rings. The molecule has 0 aliphatic carbocycles. The molecule has 0 N–H and O–H groups in total. The topological polar surface area (TPSA) is 65.6 Å². The van der Waals surface area contributed by atoms with E-state index in [1.807, 2.05) is 13.8 Å². The minimum absolute atomic E-state index is 0.0824. The summed E-state index contributed by atoms with van der Waals surface area (Å²) in [6, 6.07) is 0. The van der Waals surface area contributed by atoms with Crippen molar-refractivity contribution < 1.29 is 9.53 Å². The molecule has 0 aliphatic heterocycles. The molecule has 0 aromatic carbocycles.